The number of nitrogens with one attached hydrogen (secondary N) is 1. The normalized spacial score (nSPS) is 12.3. The monoisotopic (exact) mass is 280 g/mol. The summed E-state index contributed by atoms with van der Waals surface area (Å²) in [6, 6.07) is 8.09. The minimum absolute atomic E-state index is 0.00493. The molecule has 0 saturated carbocycles. The van der Waals surface area contributed by atoms with Crippen molar-refractivity contribution in [3.05, 3.63) is 63.1 Å². The van der Waals surface area contributed by atoms with E-state index in [1.165, 1.54) is 18.2 Å². The molecule has 19 heavy (non-hydrogen) atoms. The Bertz CT molecular complexity index is 569. The Balaban J connectivity index is 2.06. The number of benzene rings is 1. The summed E-state index contributed by atoms with van der Waals surface area (Å²) >= 11 is 6.02. The predicted octanol–water partition coefficient (Wildman–Crippen LogP) is 3.69. The molecule has 2 aromatic rings. The van der Waals surface area contributed by atoms with Gasteiger partial charge in [0.2, 0.25) is 0 Å². The molecule has 0 fully saturated rings. The van der Waals surface area contributed by atoms with Crippen molar-refractivity contribution in [3.8, 4) is 0 Å². The smallest absolute Gasteiger partial charge is 0.269 e. The van der Waals surface area contributed by atoms with Gasteiger partial charge in [-0.05, 0) is 30.7 Å². The van der Waals surface area contributed by atoms with Gasteiger partial charge in [0.1, 0.15) is 5.76 Å². The molecule has 0 unspecified atom stereocenters. The standard InChI is InChI=1S/C13H13ClN2O3/c1-9(13-3-2-6-19-13)15-8-10-7-11(16(17)18)4-5-12(10)14/h2-7,9,15H,8H2,1H3/t9-/m0/s1. The third-order valence-electron chi connectivity index (χ3n) is 2.81. The van der Waals surface area contributed by atoms with E-state index in [9.17, 15) is 10.1 Å². The number of halogens is 1. The second kappa shape index (κ2) is 5.86. The number of nitro benzene ring substituents is 1. The molecule has 6 heteroatoms. The Hall–Kier alpha value is -1.85. The van der Waals surface area contributed by atoms with Crippen molar-refractivity contribution in [2.45, 2.75) is 19.5 Å². The van der Waals surface area contributed by atoms with E-state index in [1.807, 2.05) is 19.1 Å². The van der Waals surface area contributed by atoms with Crippen molar-refractivity contribution in [2.75, 3.05) is 0 Å². The minimum Gasteiger partial charge on any atom is -0.468 e. The summed E-state index contributed by atoms with van der Waals surface area (Å²) in [4.78, 5) is 10.3. The lowest BCUT2D eigenvalue weighted by atomic mass is 10.1. The highest BCUT2D eigenvalue weighted by molar-refractivity contribution is 6.31. The van der Waals surface area contributed by atoms with E-state index in [0.717, 1.165) is 5.76 Å². The zero-order chi connectivity index (χ0) is 13.8. The molecule has 0 bridgehead atoms. The molecular weight excluding hydrogens is 268 g/mol. The van der Waals surface area contributed by atoms with E-state index in [-0.39, 0.29) is 11.7 Å². The molecule has 1 atom stereocenters. The average molecular weight is 281 g/mol. The summed E-state index contributed by atoms with van der Waals surface area (Å²) in [6.07, 6.45) is 1.61. The Kier molecular flexibility index (Phi) is 4.19. The molecule has 0 aliphatic rings. The Morgan fingerprint density at radius 2 is 2.26 bits per heavy atom. The van der Waals surface area contributed by atoms with E-state index in [4.69, 9.17) is 16.0 Å². The van der Waals surface area contributed by atoms with Crippen molar-refractivity contribution in [3.63, 3.8) is 0 Å². The van der Waals surface area contributed by atoms with Gasteiger partial charge in [0, 0.05) is 23.7 Å². The fourth-order valence-electron chi connectivity index (χ4n) is 1.71. The molecule has 0 aliphatic carbocycles. The second-order valence-corrected chi connectivity index (χ2v) is 4.56. The van der Waals surface area contributed by atoms with Crippen LogP contribution in [0.1, 0.15) is 24.3 Å². The molecule has 0 aliphatic heterocycles. The van der Waals surface area contributed by atoms with Crippen molar-refractivity contribution >= 4 is 17.3 Å². The van der Waals surface area contributed by atoms with Crippen LogP contribution in [0.15, 0.2) is 41.0 Å². The van der Waals surface area contributed by atoms with Gasteiger partial charge >= 0.3 is 0 Å². The molecule has 5 nitrogen and oxygen atoms in total. The van der Waals surface area contributed by atoms with Crippen LogP contribution in [0.25, 0.3) is 0 Å². The Labute approximate surface area is 115 Å². The van der Waals surface area contributed by atoms with Crippen LogP contribution in [-0.2, 0) is 6.54 Å². The van der Waals surface area contributed by atoms with Crippen LogP contribution in [0.2, 0.25) is 5.02 Å². The molecule has 1 N–H and O–H groups in total. The number of hydrogen-bond donors (Lipinski definition) is 1. The lowest BCUT2D eigenvalue weighted by Gasteiger charge is -2.12. The quantitative estimate of drug-likeness (QED) is 0.670. The fourth-order valence-corrected chi connectivity index (χ4v) is 1.90. The van der Waals surface area contributed by atoms with Crippen molar-refractivity contribution < 1.29 is 9.34 Å². The zero-order valence-electron chi connectivity index (χ0n) is 10.3. The summed E-state index contributed by atoms with van der Waals surface area (Å²) in [5, 5.41) is 14.4. The fraction of sp³-hybridized carbons (Fsp3) is 0.231. The first kappa shape index (κ1) is 13.6. The predicted molar refractivity (Wildman–Crippen MR) is 72.1 cm³/mol. The lowest BCUT2D eigenvalue weighted by molar-refractivity contribution is -0.384. The van der Waals surface area contributed by atoms with Gasteiger partial charge in [-0.3, -0.25) is 10.1 Å². The second-order valence-electron chi connectivity index (χ2n) is 4.15. The Morgan fingerprint density at radius 3 is 2.89 bits per heavy atom. The van der Waals surface area contributed by atoms with Gasteiger partial charge in [-0.1, -0.05) is 11.6 Å². The lowest BCUT2D eigenvalue weighted by Crippen LogP contribution is -2.17. The van der Waals surface area contributed by atoms with E-state index in [1.54, 1.807) is 6.26 Å². The first-order chi connectivity index (χ1) is 9.08. The Morgan fingerprint density at radius 1 is 1.47 bits per heavy atom. The third kappa shape index (κ3) is 3.33. The van der Waals surface area contributed by atoms with Gasteiger partial charge in [0.15, 0.2) is 0 Å². The van der Waals surface area contributed by atoms with Crippen molar-refractivity contribution in [2.24, 2.45) is 0 Å². The van der Waals surface area contributed by atoms with E-state index >= 15 is 0 Å². The summed E-state index contributed by atoms with van der Waals surface area (Å²) in [6.45, 7) is 2.38. The van der Waals surface area contributed by atoms with Crippen LogP contribution in [0, 0.1) is 10.1 Å². The van der Waals surface area contributed by atoms with Crippen LogP contribution in [-0.4, -0.2) is 4.92 Å². The largest absolute Gasteiger partial charge is 0.468 e. The number of furan rings is 1. The maximum atomic E-state index is 10.7. The molecule has 0 amide bonds. The van der Waals surface area contributed by atoms with Gasteiger partial charge in [-0.25, -0.2) is 0 Å². The molecule has 1 aromatic heterocycles. The number of hydrogen-bond acceptors (Lipinski definition) is 4. The highest BCUT2D eigenvalue weighted by Gasteiger charge is 2.12. The topological polar surface area (TPSA) is 68.3 Å². The van der Waals surface area contributed by atoms with E-state index < -0.39 is 4.92 Å². The molecule has 1 aromatic carbocycles. The zero-order valence-corrected chi connectivity index (χ0v) is 11.1. The van der Waals surface area contributed by atoms with Gasteiger partial charge in [-0.15, -0.1) is 0 Å². The number of nitro groups is 1. The van der Waals surface area contributed by atoms with Crippen LogP contribution < -0.4 is 5.32 Å². The minimum atomic E-state index is -0.435. The highest BCUT2D eigenvalue weighted by atomic mass is 35.5. The first-order valence-electron chi connectivity index (χ1n) is 5.77. The molecule has 2 rings (SSSR count). The van der Waals surface area contributed by atoms with E-state index in [2.05, 4.69) is 5.32 Å². The molecular formula is C13H13ClN2O3. The van der Waals surface area contributed by atoms with Crippen molar-refractivity contribution in [1.29, 1.82) is 0 Å². The van der Waals surface area contributed by atoms with Gasteiger partial charge < -0.3 is 9.73 Å². The molecule has 0 radical (unpaired) electrons. The molecule has 100 valence electrons. The molecule has 0 saturated heterocycles. The van der Waals surface area contributed by atoms with E-state index in [0.29, 0.717) is 17.1 Å². The third-order valence-corrected chi connectivity index (χ3v) is 3.18. The number of non-ortho nitro benzene ring substituents is 1. The number of rotatable bonds is 5. The highest BCUT2D eigenvalue weighted by Crippen LogP contribution is 2.23. The van der Waals surface area contributed by atoms with Gasteiger partial charge in [0.05, 0.1) is 17.2 Å². The first-order valence-corrected chi connectivity index (χ1v) is 6.15. The van der Waals surface area contributed by atoms with Crippen LogP contribution in [0.3, 0.4) is 0 Å². The molecule has 1 heterocycles. The summed E-state index contributed by atoms with van der Waals surface area (Å²) in [5.41, 5.74) is 0.723. The van der Waals surface area contributed by atoms with Crippen LogP contribution in [0.4, 0.5) is 5.69 Å². The number of nitrogens with zero attached hydrogens (tertiary/aromatic N) is 1. The summed E-state index contributed by atoms with van der Waals surface area (Å²) in [7, 11) is 0. The van der Waals surface area contributed by atoms with Gasteiger partial charge in [0.25, 0.3) is 5.69 Å². The SMILES string of the molecule is C[C@H](NCc1cc([N+](=O)[O-])ccc1Cl)c1ccco1. The maximum Gasteiger partial charge on any atom is 0.269 e. The summed E-state index contributed by atoms with van der Waals surface area (Å²) < 4.78 is 5.27. The average Bonchev–Trinajstić information content (AvgIpc) is 2.91. The van der Waals surface area contributed by atoms with Crippen LogP contribution >= 0.6 is 11.6 Å². The van der Waals surface area contributed by atoms with Gasteiger partial charge in [-0.2, -0.15) is 0 Å². The van der Waals surface area contributed by atoms with Crippen LogP contribution in [0.5, 0.6) is 0 Å². The summed E-state index contributed by atoms with van der Waals surface area (Å²) in [5.74, 6) is 0.807. The maximum absolute atomic E-state index is 10.7. The molecule has 0 spiro atoms. The van der Waals surface area contributed by atoms with Crippen molar-refractivity contribution in [1.82, 2.24) is 5.32 Å².